The highest BCUT2D eigenvalue weighted by molar-refractivity contribution is 5.80. The molecule has 1 aliphatic rings. The largest absolute Gasteiger partial charge is 0.381 e. The van der Waals surface area contributed by atoms with Gasteiger partial charge in [0.25, 0.3) is 0 Å². The number of rotatable bonds is 5. The number of nitrogens with zero attached hydrogens (tertiary/aromatic N) is 1. The standard InChI is InChI=1S/C18H26N2O/c1-14(19-2)11-16-3-4-18-17(12-16)5-8-20(18)13-15-6-9-21-10-7-15/h3-5,8,12,14-15,19H,6-7,9-11,13H2,1-2H3. The van der Waals surface area contributed by atoms with Gasteiger partial charge in [-0.3, -0.25) is 0 Å². The normalized spacial score (nSPS) is 18.2. The zero-order valence-corrected chi connectivity index (χ0v) is 13.1. The topological polar surface area (TPSA) is 26.2 Å². The van der Waals surface area contributed by atoms with Crippen LogP contribution in [0.3, 0.4) is 0 Å². The summed E-state index contributed by atoms with van der Waals surface area (Å²) in [6, 6.07) is 9.67. The summed E-state index contributed by atoms with van der Waals surface area (Å²) in [7, 11) is 2.02. The van der Waals surface area contributed by atoms with Crippen LogP contribution in [0.25, 0.3) is 10.9 Å². The first-order valence-corrected chi connectivity index (χ1v) is 8.09. The van der Waals surface area contributed by atoms with E-state index in [2.05, 4.69) is 47.3 Å². The second kappa shape index (κ2) is 6.63. The molecule has 1 unspecified atom stereocenters. The summed E-state index contributed by atoms with van der Waals surface area (Å²) in [6.07, 6.45) is 5.71. The number of ether oxygens (including phenoxy) is 1. The smallest absolute Gasteiger partial charge is 0.0480 e. The highest BCUT2D eigenvalue weighted by Gasteiger charge is 2.15. The van der Waals surface area contributed by atoms with Crippen LogP contribution in [-0.4, -0.2) is 30.9 Å². The maximum absolute atomic E-state index is 5.45. The average molecular weight is 286 g/mol. The van der Waals surface area contributed by atoms with Gasteiger partial charge in [0.05, 0.1) is 0 Å². The van der Waals surface area contributed by atoms with E-state index in [4.69, 9.17) is 4.74 Å². The van der Waals surface area contributed by atoms with Crippen molar-refractivity contribution in [2.75, 3.05) is 20.3 Å². The number of aromatic nitrogens is 1. The van der Waals surface area contributed by atoms with Crippen LogP contribution in [0.1, 0.15) is 25.3 Å². The van der Waals surface area contributed by atoms with Gasteiger partial charge in [-0.1, -0.05) is 6.07 Å². The maximum atomic E-state index is 5.45. The third-order valence-corrected chi connectivity index (χ3v) is 4.67. The van der Waals surface area contributed by atoms with E-state index in [1.165, 1.54) is 29.3 Å². The quantitative estimate of drug-likeness (QED) is 0.913. The minimum absolute atomic E-state index is 0.520. The van der Waals surface area contributed by atoms with Gasteiger partial charge < -0.3 is 14.6 Å². The molecule has 0 spiro atoms. The van der Waals surface area contributed by atoms with Crippen LogP contribution in [0.15, 0.2) is 30.5 Å². The Morgan fingerprint density at radius 3 is 2.86 bits per heavy atom. The van der Waals surface area contributed by atoms with Crippen LogP contribution in [0.5, 0.6) is 0 Å². The predicted octanol–water partition coefficient (Wildman–Crippen LogP) is 3.22. The summed E-state index contributed by atoms with van der Waals surface area (Å²) in [5, 5.41) is 4.67. The van der Waals surface area contributed by atoms with Crippen molar-refractivity contribution in [3.05, 3.63) is 36.0 Å². The number of benzene rings is 1. The van der Waals surface area contributed by atoms with Gasteiger partial charge in [-0.05, 0) is 68.3 Å². The molecule has 2 aromatic rings. The highest BCUT2D eigenvalue weighted by atomic mass is 16.5. The molecule has 21 heavy (non-hydrogen) atoms. The Balaban J connectivity index is 1.75. The lowest BCUT2D eigenvalue weighted by Crippen LogP contribution is -2.23. The molecule has 1 saturated heterocycles. The van der Waals surface area contributed by atoms with Gasteiger partial charge >= 0.3 is 0 Å². The Labute approximate surface area is 127 Å². The fourth-order valence-electron chi connectivity index (χ4n) is 3.20. The number of nitrogens with one attached hydrogen (secondary N) is 1. The zero-order chi connectivity index (χ0) is 14.7. The summed E-state index contributed by atoms with van der Waals surface area (Å²) in [4.78, 5) is 0. The number of fused-ring (bicyclic) bond motifs is 1. The van der Waals surface area contributed by atoms with Crippen molar-refractivity contribution in [2.24, 2.45) is 5.92 Å². The molecule has 1 atom stereocenters. The molecule has 2 heterocycles. The van der Waals surface area contributed by atoms with E-state index >= 15 is 0 Å². The van der Waals surface area contributed by atoms with E-state index in [0.29, 0.717) is 6.04 Å². The summed E-state index contributed by atoms with van der Waals surface area (Å²) in [5.74, 6) is 0.762. The monoisotopic (exact) mass is 286 g/mol. The number of likely N-dealkylation sites (N-methyl/N-ethyl adjacent to an activating group) is 1. The lowest BCUT2D eigenvalue weighted by atomic mass is 10.0. The van der Waals surface area contributed by atoms with Crippen molar-refractivity contribution in [3.8, 4) is 0 Å². The van der Waals surface area contributed by atoms with E-state index in [1.54, 1.807) is 0 Å². The molecular formula is C18H26N2O. The van der Waals surface area contributed by atoms with Gasteiger partial charge in [0.2, 0.25) is 0 Å². The average Bonchev–Trinajstić information content (AvgIpc) is 2.90. The molecule has 3 heteroatoms. The molecule has 3 rings (SSSR count). The second-order valence-electron chi connectivity index (χ2n) is 6.31. The van der Waals surface area contributed by atoms with Gasteiger partial charge in [0, 0.05) is 37.5 Å². The van der Waals surface area contributed by atoms with Gasteiger partial charge in [-0.15, -0.1) is 0 Å². The third-order valence-electron chi connectivity index (χ3n) is 4.67. The first kappa shape index (κ1) is 14.6. The van der Waals surface area contributed by atoms with Crippen LogP contribution in [-0.2, 0) is 17.7 Å². The van der Waals surface area contributed by atoms with Crippen LogP contribution in [0, 0.1) is 5.92 Å². The van der Waals surface area contributed by atoms with E-state index in [0.717, 1.165) is 32.1 Å². The number of hydrogen-bond acceptors (Lipinski definition) is 2. The first-order valence-electron chi connectivity index (χ1n) is 8.09. The molecule has 1 aromatic carbocycles. The summed E-state index contributed by atoms with van der Waals surface area (Å²) < 4.78 is 7.87. The fraction of sp³-hybridized carbons (Fsp3) is 0.556. The summed E-state index contributed by atoms with van der Waals surface area (Å²) in [5.41, 5.74) is 2.77. The predicted molar refractivity (Wildman–Crippen MR) is 87.7 cm³/mol. The third kappa shape index (κ3) is 3.47. The van der Waals surface area contributed by atoms with Crippen LogP contribution in [0.2, 0.25) is 0 Å². The van der Waals surface area contributed by atoms with Gasteiger partial charge in [-0.2, -0.15) is 0 Å². The van der Waals surface area contributed by atoms with Gasteiger partial charge in [0.1, 0.15) is 0 Å². The zero-order valence-electron chi connectivity index (χ0n) is 13.1. The van der Waals surface area contributed by atoms with E-state index in [9.17, 15) is 0 Å². The van der Waals surface area contributed by atoms with E-state index in [-0.39, 0.29) is 0 Å². The van der Waals surface area contributed by atoms with Crippen molar-refractivity contribution in [1.82, 2.24) is 9.88 Å². The highest BCUT2D eigenvalue weighted by Crippen LogP contribution is 2.23. The maximum Gasteiger partial charge on any atom is 0.0480 e. The molecule has 1 fully saturated rings. The van der Waals surface area contributed by atoms with Crippen molar-refractivity contribution in [2.45, 2.75) is 38.8 Å². The minimum atomic E-state index is 0.520. The van der Waals surface area contributed by atoms with Crippen LogP contribution >= 0.6 is 0 Å². The number of hydrogen-bond donors (Lipinski definition) is 1. The van der Waals surface area contributed by atoms with Crippen molar-refractivity contribution in [3.63, 3.8) is 0 Å². The Morgan fingerprint density at radius 1 is 1.29 bits per heavy atom. The van der Waals surface area contributed by atoms with Crippen molar-refractivity contribution >= 4 is 10.9 Å². The van der Waals surface area contributed by atoms with Gasteiger partial charge in [-0.25, -0.2) is 0 Å². The molecule has 1 aromatic heterocycles. The summed E-state index contributed by atoms with van der Waals surface area (Å²) in [6.45, 7) is 5.20. The fourth-order valence-corrected chi connectivity index (χ4v) is 3.20. The van der Waals surface area contributed by atoms with Crippen LogP contribution in [0.4, 0.5) is 0 Å². The molecule has 3 nitrogen and oxygen atoms in total. The van der Waals surface area contributed by atoms with Crippen LogP contribution < -0.4 is 5.32 Å². The SMILES string of the molecule is CNC(C)Cc1ccc2c(ccn2CC2CCOCC2)c1. The minimum Gasteiger partial charge on any atom is -0.381 e. The molecule has 0 radical (unpaired) electrons. The Morgan fingerprint density at radius 2 is 2.10 bits per heavy atom. The molecule has 0 bridgehead atoms. The second-order valence-corrected chi connectivity index (χ2v) is 6.31. The van der Waals surface area contributed by atoms with Crippen molar-refractivity contribution in [1.29, 1.82) is 0 Å². The van der Waals surface area contributed by atoms with Crippen molar-refractivity contribution < 1.29 is 4.74 Å². The molecule has 0 aliphatic carbocycles. The Hall–Kier alpha value is -1.32. The molecule has 1 aliphatic heterocycles. The lowest BCUT2D eigenvalue weighted by Gasteiger charge is -2.22. The van der Waals surface area contributed by atoms with E-state index in [1.807, 2.05) is 7.05 Å². The Kier molecular flexibility index (Phi) is 4.61. The molecule has 114 valence electrons. The molecule has 1 N–H and O–H groups in total. The molecule has 0 saturated carbocycles. The lowest BCUT2D eigenvalue weighted by molar-refractivity contribution is 0.0616. The first-order chi connectivity index (χ1) is 10.3. The van der Waals surface area contributed by atoms with Gasteiger partial charge in [0.15, 0.2) is 0 Å². The molecular weight excluding hydrogens is 260 g/mol. The Bertz CT molecular complexity index is 584. The summed E-state index contributed by atoms with van der Waals surface area (Å²) >= 11 is 0. The van der Waals surface area contributed by atoms with E-state index < -0.39 is 0 Å². The molecule has 0 amide bonds.